The van der Waals surface area contributed by atoms with E-state index in [9.17, 15) is 9.59 Å². The number of carbonyl (C=O) groups excluding carboxylic acids is 2. The highest BCUT2D eigenvalue weighted by Gasteiger charge is 2.19. The van der Waals surface area contributed by atoms with Crippen molar-refractivity contribution in [2.45, 2.75) is 13.8 Å². The topological polar surface area (TPSA) is 76.0 Å². The van der Waals surface area contributed by atoms with Gasteiger partial charge in [0.15, 0.2) is 5.69 Å². The first-order valence-electron chi connectivity index (χ1n) is 9.78. The quantitative estimate of drug-likeness (QED) is 0.503. The van der Waals surface area contributed by atoms with Crippen molar-refractivity contribution in [3.8, 4) is 5.69 Å². The van der Waals surface area contributed by atoms with E-state index < -0.39 is 0 Å². The molecule has 0 aliphatic carbocycles. The van der Waals surface area contributed by atoms with Gasteiger partial charge >= 0.3 is 0 Å². The molecule has 0 radical (unpaired) electrons. The largest absolute Gasteiger partial charge is 0.320 e. The monoisotopic (exact) mass is 398 g/mol. The summed E-state index contributed by atoms with van der Waals surface area (Å²) < 4.78 is 1.57. The van der Waals surface area contributed by atoms with Crippen LogP contribution in [0.3, 0.4) is 0 Å². The number of nitrogens with zero attached hydrogens (tertiary/aromatic N) is 2. The van der Waals surface area contributed by atoms with Gasteiger partial charge in [0.1, 0.15) is 5.82 Å². The minimum absolute atomic E-state index is 0.145. The Kier molecular flexibility index (Phi) is 5.30. The van der Waals surface area contributed by atoms with E-state index in [0.29, 0.717) is 11.5 Å². The summed E-state index contributed by atoms with van der Waals surface area (Å²) in [5, 5.41) is 12.2. The molecule has 0 aliphatic heterocycles. The van der Waals surface area contributed by atoms with E-state index in [2.05, 4.69) is 15.7 Å². The highest BCUT2D eigenvalue weighted by Crippen LogP contribution is 2.24. The van der Waals surface area contributed by atoms with E-state index in [1.807, 2.05) is 86.6 Å². The molecule has 0 saturated carbocycles. The number of aromatic nitrogens is 2. The van der Waals surface area contributed by atoms with Crippen molar-refractivity contribution in [1.82, 2.24) is 9.78 Å². The van der Waals surface area contributed by atoms with Gasteiger partial charge in [-0.05, 0) is 23.6 Å². The van der Waals surface area contributed by atoms with Crippen LogP contribution in [0.2, 0.25) is 0 Å². The Morgan fingerprint density at radius 3 is 2.33 bits per heavy atom. The summed E-state index contributed by atoms with van der Waals surface area (Å²) >= 11 is 0. The van der Waals surface area contributed by atoms with Crippen LogP contribution in [-0.2, 0) is 4.79 Å². The molecule has 0 atom stereocenters. The Morgan fingerprint density at radius 2 is 1.57 bits per heavy atom. The number of amides is 2. The van der Waals surface area contributed by atoms with Gasteiger partial charge in [0, 0.05) is 23.1 Å². The molecule has 4 aromatic rings. The van der Waals surface area contributed by atoms with Gasteiger partial charge in [0.25, 0.3) is 5.91 Å². The zero-order valence-electron chi connectivity index (χ0n) is 16.8. The summed E-state index contributed by atoms with van der Waals surface area (Å²) in [4.78, 5) is 25.2. The van der Waals surface area contributed by atoms with Crippen molar-refractivity contribution in [3.63, 3.8) is 0 Å². The Hall–Kier alpha value is -3.93. The molecular formula is C24H22N4O2. The van der Waals surface area contributed by atoms with Gasteiger partial charge in [0.05, 0.1) is 5.69 Å². The van der Waals surface area contributed by atoms with Crippen molar-refractivity contribution in [2.24, 2.45) is 5.92 Å². The van der Waals surface area contributed by atoms with Crippen LogP contribution in [-0.4, -0.2) is 21.6 Å². The van der Waals surface area contributed by atoms with Gasteiger partial charge in [-0.25, -0.2) is 4.68 Å². The molecule has 0 spiro atoms. The Bertz CT molecular complexity index is 1210. The zero-order chi connectivity index (χ0) is 21.1. The van der Waals surface area contributed by atoms with Crippen LogP contribution in [0.15, 0.2) is 78.9 Å². The van der Waals surface area contributed by atoms with Crippen molar-refractivity contribution in [1.29, 1.82) is 0 Å². The third-order valence-electron chi connectivity index (χ3n) is 4.76. The molecule has 0 unspecified atom stereocenters. The molecular weight excluding hydrogens is 376 g/mol. The van der Waals surface area contributed by atoms with Crippen molar-refractivity contribution >= 4 is 34.1 Å². The minimum atomic E-state index is -0.346. The molecule has 1 aromatic heterocycles. The average molecular weight is 398 g/mol. The number of rotatable bonds is 5. The number of para-hydroxylation sites is 1. The molecule has 150 valence electrons. The lowest BCUT2D eigenvalue weighted by atomic mass is 10.1. The summed E-state index contributed by atoms with van der Waals surface area (Å²) in [6, 6.07) is 24.6. The second-order valence-electron chi connectivity index (χ2n) is 7.29. The summed E-state index contributed by atoms with van der Waals surface area (Å²) in [5.74, 6) is -0.241. The summed E-state index contributed by atoms with van der Waals surface area (Å²) in [5.41, 5.74) is 1.67. The van der Waals surface area contributed by atoms with Crippen LogP contribution in [0.1, 0.15) is 24.3 Å². The third kappa shape index (κ3) is 3.93. The lowest BCUT2D eigenvalue weighted by molar-refractivity contribution is -0.118. The standard InChI is InChI=1S/C24H22N4O2/c1-16(2)23(29)26-22-15-21(27-28(22)18-11-4-3-5-12-18)24(30)25-20-14-8-10-17-9-6-7-13-19(17)20/h3-16H,1-2H3,(H,25,30)(H,26,29). The minimum Gasteiger partial charge on any atom is -0.320 e. The molecule has 30 heavy (non-hydrogen) atoms. The van der Waals surface area contributed by atoms with Crippen molar-refractivity contribution < 1.29 is 9.59 Å². The maximum absolute atomic E-state index is 13.0. The molecule has 6 heteroatoms. The number of anilines is 2. The van der Waals surface area contributed by atoms with Gasteiger partial charge in [-0.3, -0.25) is 9.59 Å². The molecule has 1 heterocycles. The third-order valence-corrected chi connectivity index (χ3v) is 4.76. The van der Waals surface area contributed by atoms with Gasteiger partial charge in [-0.1, -0.05) is 68.4 Å². The van der Waals surface area contributed by atoms with E-state index in [1.54, 1.807) is 10.7 Å². The van der Waals surface area contributed by atoms with Gasteiger partial charge in [0.2, 0.25) is 5.91 Å². The fourth-order valence-corrected chi connectivity index (χ4v) is 3.14. The number of nitrogens with one attached hydrogen (secondary N) is 2. The highest BCUT2D eigenvalue weighted by molar-refractivity contribution is 6.08. The molecule has 2 amide bonds. The summed E-state index contributed by atoms with van der Waals surface area (Å²) in [7, 11) is 0. The molecule has 0 fully saturated rings. The smallest absolute Gasteiger partial charge is 0.276 e. The van der Waals surface area contributed by atoms with Gasteiger partial charge < -0.3 is 10.6 Å². The first-order valence-corrected chi connectivity index (χ1v) is 9.78. The second kappa shape index (κ2) is 8.21. The van der Waals surface area contributed by atoms with Crippen LogP contribution in [0.4, 0.5) is 11.5 Å². The van der Waals surface area contributed by atoms with Gasteiger partial charge in [-0.15, -0.1) is 0 Å². The molecule has 4 rings (SSSR count). The molecule has 2 N–H and O–H groups in total. The van der Waals surface area contributed by atoms with Crippen LogP contribution >= 0.6 is 0 Å². The summed E-state index contributed by atoms with van der Waals surface area (Å²) in [6.45, 7) is 3.62. The Labute approximate surface area is 174 Å². The average Bonchev–Trinajstić information content (AvgIpc) is 3.18. The fourth-order valence-electron chi connectivity index (χ4n) is 3.14. The molecule has 3 aromatic carbocycles. The maximum Gasteiger partial charge on any atom is 0.276 e. The lowest BCUT2D eigenvalue weighted by Gasteiger charge is -2.10. The van der Waals surface area contributed by atoms with E-state index >= 15 is 0 Å². The number of hydrogen-bond donors (Lipinski definition) is 2. The molecule has 0 aliphatic rings. The van der Waals surface area contributed by atoms with Crippen LogP contribution in [0.5, 0.6) is 0 Å². The number of carbonyl (C=O) groups is 2. The fraction of sp³-hybridized carbons (Fsp3) is 0.125. The molecule has 6 nitrogen and oxygen atoms in total. The highest BCUT2D eigenvalue weighted by atomic mass is 16.2. The molecule has 0 saturated heterocycles. The normalized spacial score (nSPS) is 10.9. The predicted molar refractivity (Wildman–Crippen MR) is 119 cm³/mol. The van der Waals surface area contributed by atoms with E-state index in [1.165, 1.54) is 0 Å². The van der Waals surface area contributed by atoms with Crippen molar-refractivity contribution in [2.75, 3.05) is 10.6 Å². The first kappa shape index (κ1) is 19.4. The van der Waals surface area contributed by atoms with Crippen LogP contribution in [0.25, 0.3) is 16.5 Å². The van der Waals surface area contributed by atoms with E-state index in [4.69, 9.17) is 0 Å². The molecule has 0 bridgehead atoms. The van der Waals surface area contributed by atoms with Crippen LogP contribution < -0.4 is 10.6 Å². The number of hydrogen-bond acceptors (Lipinski definition) is 3. The second-order valence-corrected chi connectivity index (χ2v) is 7.29. The van der Waals surface area contributed by atoms with Crippen LogP contribution in [0, 0.1) is 5.92 Å². The predicted octanol–water partition coefficient (Wildman–Crippen LogP) is 4.87. The number of fused-ring (bicyclic) bond motifs is 1. The number of benzene rings is 3. The SMILES string of the molecule is CC(C)C(=O)Nc1cc(C(=O)Nc2cccc3ccccc23)nn1-c1ccccc1. The maximum atomic E-state index is 13.0. The van der Waals surface area contributed by atoms with Gasteiger partial charge in [-0.2, -0.15) is 5.10 Å². The Morgan fingerprint density at radius 1 is 0.867 bits per heavy atom. The Balaban J connectivity index is 1.69. The van der Waals surface area contributed by atoms with E-state index in [-0.39, 0.29) is 23.4 Å². The zero-order valence-corrected chi connectivity index (χ0v) is 16.8. The lowest BCUT2D eigenvalue weighted by Crippen LogP contribution is -2.19. The van der Waals surface area contributed by atoms with Crippen molar-refractivity contribution in [3.05, 3.63) is 84.6 Å². The first-order chi connectivity index (χ1) is 14.5. The summed E-state index contributed by atoms with van der Waals surface area (Å²) in [6.07, 6.45) is 0. The van der Waals surface area contributed by atoms with E-state index in [0.717, 1.165) is 16.5 Å².